The molecule has 2 heterocycles. The molecule has 0 aliphatic carbocycles. The molecule has 1 saturated heterocycles. The number of nitrogens with two attached hydrogens (primary N) is 1. The maximum absolute atomic E-state index is 5.82. The molecule has 0 amide bonds. The van der Waals surface area contributed by atoms with E-state index in [-0.39, 0.29) is 0 Å². The van der Waals surface area contributed by atoms with Crippen molar-refractivity contribution in [3.8, 4) is 0 Å². The Labute approximate surface area is 88.9 Å². The Morgan fingerprint density at radius 1 is 1.71 bits per heavy atom. The molecule has 0 radical (unpaired) electrons. The SMILES string of the molecule is CN1CCC[C@H](CN)[C@H]1c1cncs1. The third kappa shape index (κ3) is 1.82. The summed E-state index contributed by atoms with van der Waals surface area (Å²) in [5.74, 6) is 0.606. The molecular formula is C10H17N3S. The van der Waals surface area contributed by atoms with Crippen molar-refractivity contribution in [2.45, 2.75) is 18.9 Å². The van der Waals surface area contributed by atoms with Gasteiger partial charge in [0.15, 0.2) is 0 Å². The largest absolute Gasteiger partial charge is 0.330 e. The van der Waals surface area contributed by atoms with Gasteiger partial charge in [0.05, 0.1) is 5.51 Å². The van der Waals surface area contributed by atoms with Crippen molar-refractivity contribution in [1.29, 1.82) is 0 Å². The van der Waals surface area contributed by atoms with E-state index in [4.69, 9.17) is 5.73 Å². The summed E-state index contributed by atoms with van der Waals surface area (Å²) < 4.78 is 0. The second-order valence-corrected chi connectivity index (χ2v) is 4.89. The van der Waals surface area contributed by atoms with E-state index in [1.807, 2.05) is 11.7 Å². The molecule has 2 atom stereocenters. The third-order valence-electron chi connectivity index (χ3n) is 3.05. The lowest BCUT2D eigenvalue weighted by molar-refractivity contribution is 0.128. The molecule has 0 unspecified atom stereocenters. The summed E-state index contributed by atoms with van der Waals surface area (Å²) in [6, 6.07) is 0.501. The smallest absolute Gasteiger partial charge is 0.0794 e. The van der Waals surface area contributed by atoms with Gasteiger partial charge in [-0.3, -0.25) is 9.88 Å². The van der Waals surface area contributed by atoms with E-state index in [0.717, 1.165) is 6.54 Å². The van der Waals surface area contributed by atoms with E-state index in [1.165, 1.54) is 24.3 Å². The third-order valence-corrected chi connectivity index (χ3v) is 3.90. The van der Waals surface area contributed by atoms with Crippen LogP contribution in [0.25, 0.3) is 0 Å². The Morgan fingerprint density at radius 3 is 3.21 bits per heavy atom. The summed E-state index contributed by atoms with van der Waals surface area (Å²) in [4.78, 5) is 7.93. The van der Waals surface area contributed by atoms with Gasteiger partial charge >= 0.3 is 0 Å². The fourth-order valence-corrected chi connectivity index (χ4v) is 3.20. The Bertz CT molecular complexity index is 273. The molecule has 0 spiro atoms. The van der Waals surface area contributed by atoms with Crippen molar-refractivity contribution in [1.82, 2.24) is 9.88 Å². The second-order valence-electron chi connectivity index (χ2n) is 3.97. The number of rotatable bonds is 2. The first-order valence-corrected chi connectivity index (χ1v) is 5.99. The molecule has 1 aromatic rings. The van der Waals surface area contributed by atoms with Gasteiger partial charge in [-0.25, -0.2) is 0 Å². The van der Waals surface area contributed by atoms with Crippen molar-refractivity contribution < 1.29 is 0 Å². The van der Waals surface area contributed by atoms with Gasteiger partial charge in [0.2, 0.25) is 0 Å². The number of piperidine rings is 1. The summed E-state index contributed by atoms with van der Waals surface area (Å²) in [7, 11) is 2.19. The van der Waals surface area contributed by atoms with Gasteiger partial charge in [0.25, 0.3) is 0 Å². The molecule has 0 saturated carbocycles. The second kappa shape index (κ2) is 4.38. The maximum atomic E-state index is 5.82. The van der Waals surface area contributed by atoms with Crippen LogP contribution in [0.2, 0.25) is 0 Å². The molecule has 3 nitrogen and oxygen atoms in total. The number of hydrogen-bond donors (Lipinski definition) is 1. The van der Waals surface area contributed by atoms with Crippen molar-refractivity contribution >= 4 is 11.3 Å². The molecule has 0 aromatic carbocycles. The van der Waals surface area contributed by atoms with Crippen LogP contribution in [-0.4, -0.2) is 30.0 Å². The van der Waals surface area contributed by atoms with Gasteiger partial charge in [-0.1, -0.05) is 0 Å². The summed E-state index contributed by atoms with van der Waals surface area (Å²) in [5, 5.41) is 0. The average Bonchev–Trinajstić information content (AvgIpc) is 2.70. The predicted molar refractivity (Wildman–Crippen MR) is 59.3 cm³/mol. The van der Waals surface area contributed by atoms with Crippen LogP contribution >= 0.6 is 11.3 Å². The summed E-state index contributed by atoms with van der Waals surface area (Å²) in [6.07, 6.45) is 4.51. The van der Waals surface area contributed by atoms with Crippen LogP contribution in [0.5, 0.6) is 0 Å². The van der Waals surface area contributed by atoms with Crippen molar-refractivity contribution in [2.24, 2.45) is 11.7 Å². The normalized spacial score (nSPS) is 29.3. The first kappa shape index (κ1) is 10.1. The Balaban J connectivity index is 2.19. The molecule has 0 bridgehead atoms. The summed E-state index contributed by atoms with van der Waals surface area (Å²) in [6.45, 7) is 1.96. The van der Waals surface area contributed by atoms with Gasteiger partial charge in [-0.05, 0) is 38.9 Å². The van der Waals surface area contributed by atoms with Crippen molar-refractivity contribution in [3.63, 3.8) is 0 Å². The number of nitrogens with zero attached hydrogens (tertiary/aromatic N) is 2. The van der Waals surface area contributed by atoms with Crippen molar-refractivity contribution in [2.75, 3.05) is 20.1 Å². The predicted octanol–water partition coefficient (Wildman–Crippen LogP) is 1.48. The maximum Gasteiger partial charge on any atom is 0.0794 e. The fraction of sp³-hybridized carbons (Fsp3) is 0.700. The average molecular weight is 211 g/mol. The van der Waals surface area contributed by atoms with Gasteiger partial charge < -0.3 is 5.73 Å². The highest BCUT2D eigenvalue weighted by molar-refractivity contribution is 7.09. The van der Waals surface area contributed by atoms with Crippen LogP contribution in [0.1, 0.15) is 23.8 Å². The highest BCUT2D eigenvalue weighted by Gasteiger charge is 2.30. The zero-order chi connectivity index (χ0) is 9.97. The topological polar surface area (TPSA) is 42.1 Å². The number of hydrogen-bond acceptors (Lipinski definition) is 4. The van der Waals surface area contributed by atoms with Crippen LogP contribution in [-0.2, 0) is 0 Å². The molecule has 4 heteroatoms. The molecule has 1 fully saturated rings. The highest BCUT2D eigenvalue weighted by Crippen LogP contribution is 2.35. The minimum absolute atomic E-state index is 0.501. The fourth-order valence-electron chi connectivity index (χ4n) is 2.33. The van der Waals surface area contributed by atoms with E-state index < -0.39 is 0 Å². The van der Waals surface area contributed by atoms with E-state index in [9.17, 15) is 0 Å². The lowest BCUT2D eigenvalue weighted by Crippen LogP contribution is -2.38. The monoisotopic (exact) mass is 211 g/mol. The first-order valence-electron chi connectivity index (χ1n) is 5.11. The standard InChI is InChI=1S/C10H17N3S/c1-13-4-2-3-8(5-11)10(13)9-6-12-7-14-9/h6-8,10H,2-5,11H2,1H3/t8-,10+/m1/s1. The quantitative estimate of drug-likeness (QED) is 0.806. The van der Waals surface area contributed by atoms with Gasteiger partial charge in [-0.15, -0.1) is 11.3 Å². The first-order chi connectivity index (χ1) is 6.83. The van der Waals surface area contributed by atoms with Gasteiger partial charge in [-0.2, -0.15) is 0 Å². The lowest BCUT2D eigenvalue weighted by Gasteiger charge is -2.37. The zero-order valence-corrected chi connectivity index (χ0v) is 9.33. The Morgan fingerprint density at radius 2 is 2.57 bits per heavy atom. The van der Waals surface area contributed by atoms with Gasteiger partial charge in [0.1, 0.15) is 0 Å². The molecule has 78 valence electrons. The van der Waals surface area contributed by atoms with E-state index >= 15 is 0 Å². The Hall–Kier alpha value is -0.450. The van der Waals surface area contributed by atoms with Crippen molar-refractivity contribution in [3.05, 3.63) is 16.6 Å². The van der Waals surface area contributed by atoms with Crippen LogP contribution in [0.4, 0.5) is 0 Å². The highest BCUT2D eigenvalue weighted by atomic mass is 32.1. The van der Waals surface area contributed by atoms with Gasteiger partial charge in [0, 0.05) is 17.1 Å². The van der Waals surface area contributed by atoms with Crippen LogP contribution in [0.3, 0.4) is 0 Å². The molecule has 2 rings (SSSR count). The van der Waals surface area contributed by atoms with E-state index in [0.29, 0.717) is 12.0 Å². The minimum Gasteiger partial charge on any atom is -0.330 e. The summed E-state index contributed by atoms with van der Waals surface area (Å²) >= 11 is 1.74. The van der Waals surface area contributed by atoms with Crippen LogP contribution in [0.15, 0.2) is 11.7 Å². The van der Waals surface area contributed by atoms with Crippen LogP contribution < -0.4 is 5.73 Å². The number of thiazole rings is 1. The molecule has 14 heavy (non-hydrogen) atoms. The molecule has 1 aliphatic rings. The zero-order valence-electron chi connectivity index (χ0n) is 8.52. The van der Waals surface area contributed by atoms with Crippen LogP contribution in [0, 0.1) is 5.92 Å². The Kier molecular flexibility index (Phi) is 3.15. The summed E-state index contributed by atoms with van der Waals surface area (Å²) in [5.41, 5.74) is 7.73. The lowest BCUT2D eigenvalue weighted by atomic mass is 9.89. The van der Waals surface area contributed by atoms with E-state index in [2.05, 4.69) is 16.9 Å². The molecule has 1 aliphatic heterocycles. The minimum atomic E-state index is 0.501. The number of aromatic nitrogens is 1. The molecule has 2 N–H and O–H groups in total. The molecule has 1 aromatic heterocycles. The molecular weight excluding hydrogens is 194 g/mol. The number of likely N-dealkylation sites (tertiary alicyclic amines) is 1. The van der Waals surface area contributed by atoms with E-state index in [1.54, 1.807) is 11.3 Å².